The lowest BCUT2D eigenvalue weighted by Gasteiger charge is -2.34. The predicted molar refractivity (Wildman–Crippen MR) is 75.4 cm³/mol. The monoisotopic (exact) mass is 244 g/mol. The maximum Gasteiger partial charge on any atom is 0.00376 e. The van der Waals surface area contributed by atoms with Gasteiger partial charge in [-0.3, -0.25) is 0 Å². The van der Waals surface area contributed by atoms with Gasteiger partial charge in [0.15, 0.2) is 0 Å². The number of nitrogens with zero attached hydrogens (tertiary/aromatic N) is 2. The maximum atomic E-state index is 4.42. The minimum absolute atomic E-state index is 0.337. The van der Waals surface area contributed by atoms with Gasteiger partial charge in [0.1, 0.15) is 0 Å². The summed E-state index contributed by atoms with van der Waals surface area (Å²) in [6.45, 7) is 9.55. The molecular weight excluding hydrogens is 216 g/mol. The van der Waals surface area contributed by atoms with Crippen molar-refractivity contribution in [3.05, 3.63) is 0 Å². The largest absolute Gasteiger partial charge is 0.306 e. The van der Waals surface area contributed by atoms with E-state index in [1.807, 2.05) is 0 Å². The number of thiol groups is 1. The van der Waals surface area contributed by atoms with Crippen molar-refractivity contribution < 1.29 is 0 Å². The molecule has 1 heterocycles. The Labute approximate surface area is 107 Å². The Balaban J connectivity index is 2.26. The van der Waals surface area contributed by atoms with E-state index >= 15 is 0 Å². The zero-order valence-electron chi connectivity index (χ0n) is 11.4. The van der Waals surface area contributed by atoms with Crippen LogP contribution in [0, 0.1) is 11.3 Å². The van der Waals surface area contributed by atoms with Crippen LogP contribution in [0.5, 0.6) is 0 Å². The van der Waals surface area contributed by atoms with E-state index in [9.17, 15) is 0 Å². The van der Waals surface area contributed by atoms with Crippen LogP contribution in [0.4, 0.5) is 0 Å². The molecule has 3 heteroatoms. The van der Waals surface area contributed by atoms with Crippen LogP contribution in [-0.2, 0) is 0 Å². The molecule has 0 radical (unpaired) electrons. The fourth-order valence-corrected chi connectivity index (χ4v) is 2.63. The summed E-state index contributed by atoms with van der Waals surface area (Å²) in [4.78, 5) is 4.93. The summed E-state index contributed by atoms with van der Waals surface area (Å²) in [6.07, 6.45) is 2.73. The van der Waals surface area contributed by atoms with Crippen LogP contribution in [0.3, 0.4) is 0 Å². The zero-order chi connectivity index (χ0) is 12.2. The second-order valence-corrected chi connectivity index (χ2v) is 6.58. The summed E-state index contributed by atoms with van der Waals surface area (Å²) in [7, 11) is 4.48. The molecule has 1 aliphatic rings. The molecule has 2 nitrogen and oxygen atoms in total. The van der Waals surface area contributed by atoms with Gasteiger partial charge in [-0.15, -0.1) is 0 Å². The summed E-state index contributed by atoms with van der Waals surface area (Å²) in [5, 5.41) is 0. The molecule has 0 atom stereocenters. The predicted octanol–water partition coefficient (Wildman–Crippen LogP) is 2.22. The summed E-state index contributed by atoms with van der Waals surface area (Å²) < 4.78 is 0. The SMILES string of the molecule is CN1CCC(CN(C)CC(C)(C)CS)CC1. The molecule has 16 heavy (non-hydrogen) atoms. The zero-order valence-corrected chi connectivity index (χ0v) is 12.3. The topological polar surface area (TPSA) is 6.48 Å². The molecule has 96 valence electrons. The van der Waals surface area contributed by atoms with E-state index in [4.69, 9.17) is 0 Å². The van der Waals surface area contributed by atoms with Gasteiger partial charge in [0, 0.05) is 13.1 Å². The van der Waals surface area contributed by atoms with E-state index in [2.05, 4.69) is 50.4 Å². The van der Waals surface area contributed by atoms with Crippen LogP contribution in [0.15, 0.2) is 0 Å². The van der Waals surface area contributed by atoms with Crippen molar-refractivity contribution in [1.82, 2.24) is 9.80 Å². The average molecular weight is 244 g/mol. The molecular formula is C13H28N2S. The van der Waals surface area contributed by atoms with Crippen molar-refractivity contribution in [3.8, 4) is 0 Å². The van der Waals surface area contributed by atoms with E-state index < -0.39 is 0 Å². The van der Waals surface area contributed by atoms with Crippen LogP contribution in [0.2, 0.25) is 0 Å². The highest BCUT2D eigenvalue weighted by Gasteiger charge is 2.22. The first kappa shape index (κ1) is 14.3. The molecule has 0 bridgehead atoms. The molecule has 0 unspecified atom stereocenters. The summed E-state index contributed by atoms with van der Waals surface area (Å²) in [5.41, 5.74) is 0.337. The Morgan fingerprint density at radius 2 is 1.88 bits per heavy atom. The Hall–Kier alpha value is 0.270. The van der Waals surface area contributed by atoms with Crippen LogP contribution in [0.1, 0.15) is 26.7 Å². The third-order valence-electron chi connectivity index (χ3n) is 3.53. The van der Waals surface area contributed by atoms with Crippen molar-refractivity contribution in [1.29, 1.82) is 0 Å². The lowest BCUT2D eigenvalue weighted by molar-refractivity contribution is 0.152. The molecule has 1 aliphatic heterocycles. The lowest BCUT2D eigenvalue weighted by atomic mass is 9.93. The summed E-state index contributed by atoms with van der Waals surface area (Å²) in [6, 6.07) is 0. The van der Waals surface area contributed by atoms with E-state index in [1.165, 1.54) is 32.5 Å². The van der Waals surface area contributed by atoms with Crippen LogP contribution < -0.4 is 0 Å². The molecule has 0 saturated carbocycles. The molecule has 0 aromatic heterocycles. The average Bonchev–Trinajstić information content (AvgIpc) is 2.21. The van der Waals surface area contributed by atoms with Gasteiger partial charge in [-0.2, -0.15) is 12.6 Å². The number of piperidine rings is 1. The van der Waals surface area contributed by atoms with Crippen molar-refractivity contribution in [2.75, 3.05) is 46.0 Å². The molecule has 1 fully saturated rings. The van der Waals surface area contributed by atoms with E-state index in [0.29, 0.717) is 5.41 Å². The second-order valence-electron chi connectivity index (χ2n) is 6.27. The van der Waals surface area contributed by atoms with E-state index in [1.54, 1.807) is 0 Å². The highest BCUT2D eigenvalue weighted by Crippen LogP contribution is 2.21. The fourth-order valence-electron chi connectivity index (χ4n) is 2.53. The molecule has 1 saturated heterocycles. The van der Waals surface area contributed by atoms with Crippen LogP contribution >= 0.6 is 12.6 Å². The highest BCUT2D eigenvalue weighted by molar-refractivity contribution is 7.80. The second kappa shape index (κ2) is 6.27. The van der Waals surface area contributed by atoms with E-state index in [-0.39, 0.29) is 0 Å². The van der Waals surface area contributed by atoms with Gasteiger partial charge in [0.05, 0.1) is 0 Å². The molecule has 0 amide bonds. The Morgan fingerprint density at radius 1 is 1.31 bits per heavy atom. The molecule has 0 aromatic rings. The third-order valence-corrected chi connectivity index (χ3v) is 4.39. The maximum absolute atomic E-state index is 4.42. The molecule has 1 rings (SSSR count). The first-order chi connectivity index (χ1) is 7.43. The van der Waals surface area contributed by atoms with Crippen molar-refractivity contribution in [2.24, 2.45) is 11.3 Å². The third kappa shape index (κ3) is 5.07. The fraction of sp³-hybridized carbons (Fsp3) is 1.00. The minimum atomic E-state index is 0.337. The van der Waals surface area contributed by atoms with Gasteiger partial charge in [0.25, 0.3) is 0 Å². The smallest absolute Gasteiger partial charge is 0.00376 e. The number of hydrogen-bond donors (Lipinski definition) is 1. The minimum Gasteiger partial charge on any atom is -0.306 e. The van der Waals surface area contributed by atoms with Crippen molar-refractivity contribution in [3.63, 3.8) is 0 Å². The Kier molecular flexibility index (Phi) is 5.62. The van der Waals surface area contributed by atoms with Gasteiger partial charge < -0.3 is 9.80 Å². The first-order valence-electron chi connectivity index (χ1n) is 6.41. The standard InChI is InChI=1S/C13H28N2S/c1-13(2,11-16)10-15(4)9-12-5-7-14(3)8-6-12/h12,16H,5-11H2,1-4H3. The number of likely N-dealkylation sites (tertiary alicyclic amines) is 1. The first-order valence-corrected chi connectivity index (χ1v) is 7.04. The Bertz CT molecular complexity index is 198. The van der Waals surface area contributed by atoms with E-state index in [0.717, 1.165) is 18.2 Å². The van der Waals surface area contributed by atoms with Gasteiger partial charge in [0.2, 0.25) is 0 Å². The van der Waals surface area contributed by atoms with Gasteiger partial charge in [-0.1, -0.05) is 13.8 Å². The molecule has 0 spiro atoms. The summed E-state index contributed by atoms with van der Waals surface area (Å²) >= 11 is 4.42. The highest BCUT2D eigenvalue weighted by atomic mass is 32.1. The Morgan fingerprint density at radius 3 is 2.38 bits per heavy atom. The summed E-state index contributed by atoms with van der Waals surface area (Å²) in [5.74, 6) is 1.86. The normalized spacial score (nSPS) is 20.6. The van der Waals surface area contributed by atoms with Crippen molar-refractivity contribution in [2.45, 2.75) is 26.7 Å². The lowest BCUT2D eigenvalue weighted by Crippen LogP contribution is -2.39. The number of hydrogen-bond acceptors (Lipinski definition) is 3. The van der Waals surface area contributed by atoms with Gasteiger partial charge >= 0.3 is 0 Å². The molecule has 0 aromatic carbocycles. The van der Waals surface area contributed by atoms with Gasteiger partial charge in [-0.05, 0) is 57.1 Å². The quantitative estimate of drug-likeness (QED) is 0.741. The number of rotatable bonds is 5. The molecule has 0 aliphatic carbocycles. The molecule has 0 N–H and O–H groups in total. The van der Waals surface area contributed by atoms with Crippen molar-refractivity contribution >= 4 is 12.6 Å². The van der Waals surface area contributed by atoms with Gasteiger partial charge in [-0.25, -0.2) is 0 Å². The van der Waals surface area contributed by atoms with Crippen LogP contribution in [0.25, 0.3) is 0 Å². The van der Waals surface area contributed by atoms with Crippen LogP contribution in [-0.4, -0.2) is 55.8 Å².